The molecule has 1 aromatic heterocycles. The van der Waals surface area contributed by atoms with Crippen LogP contribution < -0.4 is 10.1 Å². The lowest BCUT2D eigenvalue weighted by atomic mass is 10.0. The fourth-order valence-corrected chi connectivity index (χ4v) is 4.08. The minimum absolute atomic E-state index is 0.378. The number of aromatic nitrogens is 1. The van der Waals surface area contributed by atoms with Gasteiger partial charge in [0.25, 0.3) is 0 Å². The van der Waals surface area contributed by atoms with Gasteiger partial charge in [0.2, 0.25) is 0 Å². The Balaban J connectivity index is 1.62. The van der Waals surface area contributed by atoms with Crippen LogP contribution in [0.1, 0.15) is 22.7 Å². The molecule has 1 fully saturated rings. The summed E-state index contributed by atoms with van der Waals surface area (Å²) in [7, 11) is 0. The Hall–Kier alpha value is -1.43. The predicted octanol–water partition coefficient (Wildman–Crippen LogP) is 2.93. The van der Waals surface area contributed by atoms with Crippen molar-refractivity contribution in [2.24, 2.45) is 0 Å². The van der Waals surface area contributed by atoms with E-state index in [1.54, 1.807) is 0 Å². The first-order chi connectivity index (χ1) is 11.3. The highest BCUT2D eigenvalue weighted by atomic mass is 79.9. The van der Waals surface area contributed by atoms with Crippen molar-refractivity contribution in [3.8, 4) is 5.75 Å². The monoisotopic (exact) mass is 373 g/mol. The highest BCUT2D eigenvalue weighted by molar-refractivity contribution is 9.10. The standard InChI is InChI=1S/C18H20BrN3O/c19-16-9-14-3-8-23-18(14)15(10-16)12-22-7-6-21-11-17(22)13-1-4-20-5-2-13/h1-2,4-5,9-10,17,21H,3,6-8,11-12H2. The molecular formula is C18H20BrN3O. The van der Waals surface area contributed by atoms with Gasteiger partial charge in [0.15, 0.2) is 0 Å². The van der Waals surface area contributed by atoms with Gasteiger partial charge >= 0.3 is 0 Å². The van der Waals surface area contributed by atoms with Crippen LogP contribution in [0.2, 0.25) is 0 Å². The average Bonchev–Trinajstić information content (AvgIpc) is 3.04. The molecule has 2 aromatic rings. The van der Waals surface area contributed by atoms with Crippen LogP contribution in [0.25, 0.3) is 0 Å². The number of fused-ring (bicyclic) bond motifs is 1. The van der Waals surface area contributed by atoms with E-state index in [2.05, 4.69) is 55.4 Å². The van der Waals surface area contributed by atoms with Crippen LogP contribution in [0.15, 0.2) is 41.1 Å². The molecule has 0 amide bonds. The Morgan fingerprint density at radius 2 is 2.17 bits per heavy atom. The molecule has 1 aromatic carbocycles. The predicted molar refractivity (Wildman–Crippen MR) is 93.6 cm³/mol. The Morgan fingerprint density at radius 1 is 1.30 bits per heavy atom. The maximum atomic E-state index is 5.89. The Labute approximate surface area is 145 Å². The summed E-state index contributed by atoms with van der Waals surface area (Å²) >= 11 is 3.65. The van der Waals surface area contributed by atoms with E-state index in [1.807, 2.05) is 12.4 Å². The molecule has 2 aliphatic rings. The molecule has 1 saturated heterocycles. The van der Waals surface area contributed by atoms with Crippen LogP contribution in [0, 0.1) is 0 Å². The summed E-state index contributed by atoms with van der Waals surface area (Å²) in [6, 6.07) is 9.00. The molecule has 4 rings (SSSR count). The zero-order valence-corrected chi connectivity index (χ0v) is 14.6. The normalized spacial score (nSPS) is 21.0. The van der Waals surface area contributed by atoms with E-state index in [0.29, 0.717) is 6.04 Å². The lowest BCUT2D eigenvalue weighted by Crippen LogP contribution is -2.45. The van der Waals surface area contributed by atoms with Gasteiger partial charge in [-0.15, -0.1) is 0 Å². The molecule has 0 spiro atoms. The fraction of sp³-hybridized carbons (Fsp3) is 0.389. The molecule has 5 heteroatoms. The molecule has 4 nitrogen and oxygen atoms in total. The molecule has 0 aliphatic carbocycles. The summed E-state index contributed by atoms with van der Waals surface area (Å²) in [4.78, 5) is 6.68. The second-order valence-electron chi connectivity index (χ2n) is 6.12. The van der Waals surface area contributed by atoms with Crippen LogP contribution in [0.3, 0.4) is 0 Å². The molecule has 0 radical (unpaired) electrons. The van der Waals surface area contributed by atoms with Crippen LogP contribution in [-0.2, 0) is 13.0 Å². The van der Waals surface area contributed by atoms with E-state index in [4.69, 9.17) is 4.74 Å². The van der Waals surface area contributed by atoms with Gasteiger partial charge in [-0.05, 0) is 35.4 Å². The van der Waals surface area contributed by atoms with E-state index in [9.17, 15) is 0 Å². The SMILES string of the molecule is Brc1cc2c(c(CN3CCNCC3c3ccncc3)c1)OCC2. The zero-order chi connectivity index (χ0) is 15.6. The number of hydrogen-bond acceptors (Lipinski definition) is 4. The van der Waals surface area contributed by atoms with E-state index in [1.165, 1.54) is 16.7 Å². The van der Waals surface area contributed by atoms with Gasteiger partial charge in [0, 0.05) is 61.1 Å². The summed E-state index contributed by atoms with van der Waals surface area (Å²) in [5.41, 5.74) is 3.93. The second-order valence-corrected chi connectivity index (χ2v) is 7.04. The van der Waals surface area contributed by atoms with Crippen LogP contribution in [0.5, 0.6) is 5.75 Å². The number of benzene rings is 1. The topological polar surface area (TPSA) is 37.4 Å². The van der Waals surface area contributed by atoms with Gasteiger partial charge in [0.05, 0.1) is 6.61 Å². The van der Waals surface area contributed by atoms with Crippen LogP contribution >= 0.6 is 15.9 Å². The molecule has 120 valence electrons. The van der Waals surface area contributed by atoms with Crippen LogP contribution in [0.4, 0.5) is 0 Å². The Bertz CT molecular complexity index is 692. The smallest absolute Gasteiger partial charge is 0.127 e. The Kier molecular flexibility index (Phi) is 4.33. The summed E-state index contributed by atoms with van der Waals surface area (Å²) in [6.07, 6.45) is 4.77. The lowest BCUT2D eigenvalue weighted by molar-refractivity contribution is 0.152. The van der Waals surface area contributed by atoms with Gasteiger partial charge in [-0.2, -0.15) is 0 Å². The number of rotatable bonds is 3. The summed E-state index contributed by atoms with van der Waals surface area (Å²) in [5, 5.41) is 3.51. The number of nitrogens with one attached hydrogen (secondary N) is 1. The van der Waals surface area contributed by atoms with E-state index in [-0.39, 0.29) is 0 Å². The van der Waals surface area contributed by atoms with Gasteiger partial charge in [0.1, 0.15) is 5.75 Å². The third-order valence-electron chi connectivity index (χ3n) is 4.64. The highest BCUT2D eigenvalue weighted by Crippen LogP contribution is 2.35. The second kappa shape index (κ2) is 6.59. The van der Waals surface area contributed by atoms with Crippen molar-refractivity contribution >= 4 is 15.9 Å². The first kappa shape index (κ1) is 15.1. The molecule has 23 heavy (non-hydrogen) atoms. The molecule has 2 aliphatic heterocycles. The van der Waals surface area contributed by atoms with Crippen molar-refractivity contribution in [3.05, 3.63) is 57.8 Å². The van der Waals surface area contributed by atoms with Crippen molar-refractivity contribution in [1.29, 1.82) is 0 Å². The van der Waals surface area contributed by atoms with Crippen molar-refractivity contribution in [2.45, 2.75) is 19.0 Å². The van der Waals surface area contributed by atoms with E-state index < -0.39 is 0 Å². The van der Waals surface area contributed by atoms with E-state index in [0.717, 1.165) is 49.4 Å². The number of nitrogens with zero attached hydrogens (tertiary/aromatic N) is 2. The highest BCUT2D eigenvalue weighted by Gasteiger charge is 2.26. The van der Waals surface area contributed by atoms with Gasteiger partial charge in [-0.1, -0.05) is 15.9 Å². The van der Waals surface area contributed by atoms with Crippen LogP contribution in [-0.4, -0.2) is 36.1 Å². The number of pyridine rings is 1. The van der Waals surface area contributed by atoms with Crippen molar-refractivity contribution in [2.75, 3.05) is 26.2 Å². The minimum atomic E-state index is 0.378. The number of hydrogen-bond donors (Lipinski definition) is 1. The average molecular weight is 374 g/mol. The van der Waals surface area contributed by atoms with Gasteiger partial charge in [-0.3, -0.25) is 9.88 Å². The number of halogens is 1. The van der Waals surface area contributed by atoms with Gasteiger partial charge < -0.3 is 10.1 Å². The quantitative estimate of drug-likeness (QED) is 0.897. The fourth-order valence-electron chi connectivity index (χ4n) is 3.53. The molecule has 1 N–H and O–H groups in total. The van der Waals surface area contributed by atoms with Crippen molar-refractivity contribution in [3.63, 3.8) is 0 Å². The number of ether oxygens (including phenoxy) is 1. The van der Waals surface area contributed by atoms with Crippen molar-refractivity contribution in [1.82, 2.24) is 15.2 Å². The first-order valence-corrected chi connectivity index (χ1v) is 8.89. The van der Waals surface area contributed by atoms with E-state index >= 15 is 0 Å². The molecule has 1 atom stereocenters. The third kappa shape index (κ3) is 3.13. The molecular weight excluding hydrogens is 354 g/mol. The van der Waals surface area contributed by atoms with Crippen molar-refractivity contribution < 1.29 is 4.74 Å². The maximum absolute atomic E-state index is 5.89. The first-order valence-electron chi connectivity index (χ1n) is 8.10. The summed E-state index contributed by atoms with van der Waals surface area (Å²) in [5.74, 6) is 1.10. The number of piperazine rings is 1. The molecule has 0 saturated carbocycles. The summed E-state index contributed by atoms with van der Waals surface area (Å²) in [6.45, 7) is 4.75. The molecule has 0 bridgehead atoms. The summed E-state index contributed by atoms with van der Waals surface area (Å²) < 4.78 is 7.04. The third-order valence-corrected chi connectivity index (χ3v) is 5.10. The zero-order valence-electron chi connectivity index (χ0n) is 13.0. The lowest BCUT2D eigenvalue weighted by Gasteiger charge is -2.36. The molecule has 3 heterocycles. The molecule has 1 unspecified atom stereocenters. The van der Waals surface area contributed by atoms with Gasteiger partial charge in [-0.25, -0.2) is 0 Å². The largest absolute Gasteiger partial charge is 0.493 e. The minimum Gasteiger partial charge on any atom is -0.493 e. The Morgan fingerprint density at radius 3 is 3.04 bits per heavy atom. The maximum Gasteiger partial charge on any atom is 0.127 e.